The summed E-state index contributed by atoms with van der Waals surface area (Å²) < 4.78 is 42.4. The average Bonchev–Trinajstić information content (AvgIpc) is 3.03. The minimum absolute atomic E-state index is 0.303. The molecular formula is C22H21F3N4. The van der Waals surface area contributed by atoms with E-state index in [1.807, 2.05) is 60.8 Å². The van der Waals surface area contributed by atoms with Crippen LogP contribution in [0.4, 0.5) is 13.2 Å². The van der Waals surface area contributed by atoms with Gasteiger partial charge in [-0.25, -0.2) is 4.98 Å². The quantitative estimate of drug-likeness (QED) is 0.631. The van der Waals surface area contributed by atoms with E-state index in [0.29, 0.717) is 29.3 Å². The van der Waals surface area contributed by atoms with Gasteiger partial charge in [0.05, 0.1) is 28.9 Å². The van der Waals surface area contributed by atoms with Crippen LogP contribution in [0.25, 0.3) is 5.69 Å². The van der Waals surface area contributed by atoms with Crippen LogP contribution in [0.5, 0.6) is 0 Å². The number of fused-ring (bicyclic) bond motifs is 3. The van der Waals surface area contributed by atoms with Gasteiger partial charge in [-0.3, -0.25) is 9.56 Å². The first kappa shape index (κ1) is 19.4. The molecule has 3 aromatic rings. The van der Waals surface area contributed by atoms with Crippen LogP contribution in [0.15, 0.2) is 59.7 Å². The third-order valence-electron chi connectivity index (χ3n) is 4.90. The Labute approximate surface area is 167 Å². The predicted octanol–water partition coefficient (Wildman–Crippen LogP) is 4.86. The van der Waals surface area contributed by atoms with Gasteiger partial charge in [-0.15, -0.1) is 0 Å². The minimum atomic E-state index is -4.43. The lowest BCUT2D eigenvalue weighted by Gasteiger charge is -2.18. The Morgan fingerprint density at radius 2 is 1.79 bits per heavy atom. The second-order valence-electron chi connectivity index (χ2n) is 7.43. The summed E-state index contributed by atoms with van der Waals surface area (Å²) in [5.74, 6) is 0.716. The van der Waals surface area contributed by atoms with Crippen LogP contribution in [-0.4, -0.2) is 34.3 Å². The molecule has 1 unspecified atom stereocenters. The molecule has 2 aromatic carbocycles. The Morgan fingerprint density at radius 1 is 1.07 bits per heavy atom. The molecule has 150 valence electrons. The highest BCUT2D eigenvalue weighted by Crippen LogP contribution is 2.36. The smallest absolute Gasteiger partial charge is 0.304 e. The normalized spacial score (nSPS) is 16.2. The Balaban J connectivity index is 2.01. The van der Waals surface area contributed by atoms with E-state index in [0.717, 1.165) is 17.3 Å². The van der Waals surface area contributed by atoms with Crippen molar-refractivity contribution < 1.29 is 13.2 Å². The largest absolute Gasteiger partial charge is 0.416 e. The van der Waals surface area contributed by atoms with Crippen LogP contribution in [0, 0.1) is 0 Å². The molecule has 0 fully saturated rings. The van der Waals surface area contributed by atoms with Crippen LogP contribution < -0.4 is 0 Å². The maximum absolute atomic E-state index is 13.5. The van der Waals surface area contributed by atoms with E-state index in [2.05, 4.69) is 4.98 Å². The highest BCUT2D eigenvalue weighted by molar-refractivity contribution is 6.15. The van der Waals surface area contributed by atoms with Gasteiger partial charge in [0.2, 0.25) is 0 Å². The first-order valence-electron chi connectivity index (χ1n) is 9.32. The monoisotopic (exact) mass is 398 g/mol. The summed E-state index contributed by atoms with van der Waals surface area (Å²) in [7, 11) is 3.89. The number of rotatable bonds is 3. The summed E-state index contributed by atoms with van der Waals surface area (Å²) in [5.41, 5.74) is 2.65. The molecule has 2 heterocycles. The second kappa shape index (κ2) is 7.15. The lowest BCUT2D eigenvalue weighted by atomic mass is 9.98. The third kappa shape index (κ3) is 3.58. The Bertz CT molecular complexity index is 1070. The maximum atomic E-state index is 13.5. The van der Waals surface area contributed by atoms with E-state index in [9.17, 15) is 13.2 Å². The molecule has 0 radical (unpaired) electrons. The number of hydrogen-bond acceptors (Lipinski definition) is 3. The average molecular weight is 398 g/mol. The summed E-state index contributed by atoms with van der Waals surface area (Å²) in [6.07, 6.45) is -2.66. The number of benzene rings is 2. The molecule has 0 saturated heterocycles. The molecule has 0 bridgehead atoms. The summed E-state index contributed by atoms with van der Waals surface area (Å²) in [6.45, 7) is 2.53. The van der Waals surface area contributed by atoms with E-state index in [1.165, 1.54) is 12.1 Å². The van der Waals surface area contributed by atoms with Crippen molar-refractivity contribution in [2.75, 3.05) is 14.1 Å². The molecular weight excluding hydrogens is 377 g/mol. The van der Waals surface area contributed by atoms with Gasteiger partial charge in [-0.05, 0) is 39.2 Å². The highest BCUT2D eigenvalue weighted by Gasteiger charge is 2.33. The molecule has 7 heteroatoms. The number of halogens is 3. The topological polar surface area (TPSA) is 33.4 Å². The fourth-order valence-corrected chi connectivity index (χ4v) is 3.66. The van der Waals surface area contributed by atoms with Crippen LogP contribution in [0.1, 0.15) is 41.2 Å². The summed E-state index contributed by atoms with van der Waals surface area (Å²) in [4.78, 5) is 11.4. The lowest BCUT2D eigenvalue weighted by molar-refractivity contribution is -0.137. The number of nitrogens with zero attached hydrogens (tertiary/aromatic N) is 4. The standard InChI is InChI=1S/C22H21F3N4/c1-14-21-26-12-17(13-28(2)3)29(21)19-10-9-16(22(23,24)25)11-18(19)20(27-14)15-7-5-4-6-8-15/h4-12,14H,13H2,1-3H3. The van der Waals surface area contributed by atoms with Crippen molar-refractivity contribution in [2.24, 2.45) is 4.99 Å². The third-order valence-corrected chi connectivity index (χ3v) is 4.90. The van der Waals surface area contributed by atoms with Gasteiger partial charge < -0.3 is 4.90 Å². The number of aliphatic imine (C=N–C) groups is 1. The van der Waals surface area contributed by atoms with E-state index in [4.69, 9.17) is 4.99 Å². The highest BCUT2D eigenvalue weighted by atomic mass is 19.4. The van der Waals surface area contributed by atoms with E-state index < -0.39 is 11.7 Å². The van der Waals surface area contributed by atoms with Crippen molar-refractivity contribution in [3.05, 3.63) is 82.9 Å². The van der Waals surface area contributed by atoms with Gasteiger partial charge in [0.15, 0.2) is 0 Å². The molecule has 1 aliphatic heterocycles. The first-order valence-corrected chi connectivity index (χ1v) is 9.32. The molecule has 0 spiro atoms. The maximum Gasteiger partial charge on any atom is 0.416 e. The molecule has 29 heavy (non-hydrogen) atoms. The molecule has 0 aliphatic carbocycles. The Kier molecular flexibility index (Phi) is 4.78. The van der Waals surface area contributed by atoms with Gasteiger partial charge >= 0.3 is 6.18 Å². The SMILES string of the molecule is CC1N=C(c2ccccc2)c2cc(C(F)(F)F)ccc2-n2c(CN(C)C)cnc21. The van der Waals surface area contributed by atoms with Gasteiger partial charge in [0.1, 0.15) is 11.9 Å². The van der Waals surface area contributed by atoms with E-state index >= 15 is 0 Å². The predicted molar refractivity (Wildman–Crippen MR) is 106 cm³/mol. The number of alkyl halides is 3. The number of imidazole rings is 1. The van der Waals surface area contributed by atoms with E-state index in [1.54, 1.807) is 6.20 Å². The van der Waals surface area contributed by atoms with Crippen molar-refractivity contribution in [3.8, 4) is 5.69 Å². The zero-order valence-corrected chi connectivity index (χ0v) is 16.4. The van der Waals surface area contributed by atoms with Crippen molar-refractivity contribution in [3.63, 3.8) is 0 Å². The fourth-order valence-electron chi connectivity index (χ4n) is 3.66. The van der Waals surface area contributed by atoms with Crippen molar-refractivity contribution >= 4 is 5.71 Å². The minimum Gasteiger partial charge on any atom is -0.304 e. The molecule has 0 saturated carbocycles. The second-order valence-corrected chi connectivity index (χ2v) is 7.43. The zero-order chi connectivity index (χ0) is 20.8. The molecule has 4 nitrogen and oxygen atoms in total. The Morgan fingerprint density at radius 3 is 2.45 bits per heavy atom. The summed E-state index contributed by atoms with van der Waals surface area (Å²) in [5, 5.41) is 0. The molecule has 1 aliphatic rings. The molecule has 1 atom stereocenters. The Hall–Kier alpha value is -2.93. The van der Waals surface area contributed by atoms with Crippen molar-refractivity contribution in [1.82, 2.24) is 14.5 Å². The van der Waals surface area contributed by atoms with Gasteiger partial charge in [-0.2, -0.15) is 13.2 Å². The summed E-state index contributed by atoms with van der Waals surface area (Å²) >= 11 is 0. The molecule has 0 N–H and O–H groups in total. The van der Waals surface area contributed by atoms with Crippen LogP contribution >= 0.6 is 0 Å². The zero-order valence-electron chi connectivity index (χ0n) is 16.4. The molecule has 4 rings (SSSR count). The fraction of sp³-hybridized carbons (Fsp3) is 0.273. The van der Waals surface area contributed by atoms with Crippen LogP contribution in [-0.2, 0) is 12.7 Å². The van der Waals surface area contributed by atoms with E-state index in [-0.39, 0.29) is 6.04 Å². The van der Waals surface area contributed by atoms with Gasteiger partial charge in [0, 0.05) is 17.7 Å². The number of aromatic nitrogens is 2. The van der Waals surface area contributed by atoms with Gasteiger partial charge in [0.25, 0.3) is 0 Å². The van der Waals surface area contributed by atoms with Crippen molar-refractivity contribution in [2.45, 2.75) is 25.7 Å². The number of hydrogen-bond donors (Lipinski definition) is 0. The lowest BCUT2D eigenvalue weighted by Crippen LogP contribution is -2.17. The summed E-state index contributed by atoms with van der Waals surface area (Å²) in [6, 6.07) is 12.9. The van der Waals surface area contributed by atoms with Crippen molar-refractivity contribution in [1.29, 1.82) is 0 Å². The van der Waals surface area contributed by atoms with Crippen LogP contribution in [0.2, 0.25) is 0 Å². The first-order chi connectivity index (χ1) is 13.8. The molecule has 1 aromatic heterocycles. The molecule has 0 amide bonds. The van der Waals surface area contributed by atoms with Crippen LogP contribution in [0.3, 0.4) is 0 Å². The van der Waals surface area contributed by atoms with Gasteiger partial charge in [-0.1, -0.05) is 30.3 Å².